The van der Waals surface area contributed by atoms with E-state index in [9.17, 15) is 9.59 Å². The van der Waals surface area contributed by atoms with E-state index < -0.39 is 0 Å². The molecule has 2 aromatic heterocycles. The third-order valence-corrected chi connectivity index (χ3v) is 5.59. The van der Waals surface area contributed by atoms with Crippen LogP contribution in [0, 0.1) is 0 Å². The number of ether oxygens (including phenoxy) is 1. The molecule has 0 radical (unpaired) electrons. The molecule has 0 unspecified atom stereocenters. The molecule has 0 aliphatic carbocycles. The number of carbonyl (C=O) groups excluding carboxylic acids is 2. The summed E-state index contributed by atoms with van der Waals surface area (Å²) in [5.41, 5.74) is 3.30. The number of amides is 2. The number of nitrogens with zero attached hydrogens (tertiary/aromatic N) is 3. The molecule has 1 aliphatic heterocycles. The van der Waals surface area contributed by atoms with Crippen molar-refractivity contribution in [3.63, 3.8) is 0 Å². The Morgan fingerprint density at radius 3 is 2.86 bits per heavy atom. The molecule has 28 heavy (non-hydrogen) atoms. The number of methoxy groups -OCH3 is 1. The highest BCUT2D eigenvalue weighted by molar-refractivity contribution is 7.12. The fourth-order valence-corrected chi connectivity index (χ4v) is 4.03. The Hall–Kier alpha value is -3.13. The summed E-state index contributed by atoms with van der Waals surface area (Å²) in [6.07, 6.45) is 2.42. The van der Waals surface area contributed by atoms with E-state index in [-0.39, 0.29) is 17.7 Å². The molecule has 3 aromatic rings. The second-order valence-corrected chi connectivity index (χ2v) is 7.57. The first-order valence-corrected chi connectivity index (χ1v) is 9.76. The third-order valence-electron chi connectivity index (χ3n) is 4.73. The molecule has 1 aliphatic rings. The van der Waals surface area contributed by atoms with E-state index >= 15 is 0 Å². The lowest BCUT2D eigenvalue weighted by atomic mass is 9.99. The number of rotatable bonds is 4. The van der Waals surface area contributed by atoms with E-state index in [0.717, 1.165) is 16.9 Å². The van der Waals surface area contributed by atoms with Gasteiger partial charge < -0.3 is 15.0 Å². The van der Waals surface area contributed by atoms with Crippen molar-refractivity contribution < 1.29 is 14.3 Å². The van der Waals surface area contributed by atoms with Gasteiger partial charge in [0.25, 0.3) is 11.8 Å². The van der Waals surface area contributed by atoms with Crippen molar-refractivity contribution in [2.24, 2.45) is 7.05 Å². The number of aryl methyl sites for hydroxylation is 1. The Labute approximate surface area is 166 Å². The normalized spacial score (nSPS) is 13.1. The molecule has 0 bridgehead atoms. The van der Waals surface area contributed by atoms with Gasteiger partial charge in [0.2, 0.25) is 5.88 Å². The zero-order valence-electron chi connectivity index (χ0n) is 15.6. The highest BCUT2D eigenvalue weighted by Gasteiger charge is 2.23. The number of aromatic nitrogens is 2. The van der Waals surface area contributed by atoms with Crippen LogP contribution in [0.4, 0.5) is 5.69 Å². The summed E-state index contributed by atoms with van der Waals surface area (Å²) < 4.78 is 6.69. The van der Waals surface area contributed by atoms with Crippen LogP contribution in [0.2, 0.25) is 0 Å². The van der Waals surface area contributed by atoms with Crippen molar-refractivity contribution in [2.75, 3.05) is 19.0 Å². The van der Waals surface area contributed by atoms with Gasteiger partial charge in [0, 0.05) is 32.0 Å². The SMILES string of the molecule is COc1nn(C)cc1C(=O)Nc1ccc2c(c1)CN(C(=O)c1cccs1)CC2. The summed E-state index contributed by atoms with van der Waals surface area (Å²) in [7, 11) is 3.22. The summed E-state index contributed by atoms with van der Waals surface area (Å²) >= 11 is 1.45. The predicted octanol–water partition coefficient (Wildman–Crippen LogP) is 2.94. The van der Waals surface area contributed by atoms with Crippen molar-refractivity contribution in [3.05, 3.63) is 63.5 Å². The number of hydrogen-bond donors (Lipinski definition) is 1. The number of carbonyl (C=O) groups is 2. The number of anilines is 1. The molecule has 1 N–H and O–H groups in total. The first-order valence-electron chi connectivity index (χ1n) is 8.88. The van der Waals surface area contributed by atoms with Crippen LogP contribution in [-0.2, 0) is 20.0 Å². The number of nitrogens with one attached hydrogen (secondary N) is 1. The zero-order chi connectivity index (χ0) is 19.7. The topological polar surface area (TPSA) is 76.5 Å². The highest BCUT2D eigenvalue weighted by Crippen LogP contribution is 2.25. The number of benzene rings is 1. The van der Waals surface area contributed by atoms with E-state index in [1.54, 1.807) is 13.2 Å². The third kappa shape index (κ3) is 3.50. The molecule has 7 nitrogen and oxygen atoms in total. The van der Waals surface area contributed by atoms with E-state index in [0.29, 0.717) is 24.3 Å². The van der Waals surface area contributed by atoms with Crippen molar-refractivity contribution in [3.8, 4) is 5.88 Å². The van der Waals surface area contributed by atoms with Gasteiger partial charge in [-0.05, 0) is 41.1 Å². The largest absolute Gasteiger partial charge is 0.479 e. The number of fused-ring (bicyclic) bond motifs is 1. The summed E-state index contributed by atoms with van der Waals surface area (Å²) in [4.78, 5) is 27.8. The molecule has 0 atom stereocenters. The lowest BCUT2D eigenvalue weighted by Gasteiger charge is -2.29. The maximum absolute atomic E-state index is 12.6. The summed E-state index contributed by atoms with van der Waals surface area (Å²) in [5.74, 6) is 0.0492. The molecule has 3 heterocycles. The second-order valence-electron chi connectivity index (χ2n) is 6.62. The first-order chi connectivity index (χ1) is 13.5. The van der Waals surface area contributed by atoms with Gasteiger partial charge >= 0.3 is 0 Å². The minimum Gasteiger partial charge on any atom is -0.479 e. The second kappa shape index (κ2) is 7.47. The molecule has 4 rings (SSSR count). The van der Waals surface area contributed by atoms with Crippen LogP contribution in [0.5, 0.6) is 5.88 Å². The Morgan fingerprint density at radius 1 is 1.25 bits per heavy atom. The Morgan fingerprint density at radius 2 is 2.11 bits per heavy atom. The van der Waals surface area contributed by atoms with E-state index in [2.05, 4.69) is 10.4 Å². The molecule has 0 saturated carbocycles. The standard InChI is InChI=1S/C20H20N4O3S/c1-23-12-16(19(22-23)27-2)18(25)21-15-6-5-13-7-8-24(11-14(13)10-15)20(26)17-4-3-9-28-17/h3-6,9-10,12H,7-8,11H2,1-2H3,(H,21,25). The number of thiophene rings is 1. The molecule has 144 valence electrons. The molecule has 0 spiro atoms. The minimum absolute atomic E-state index is 0.0511. The maximum Gasteiger partial charge on any atom is 0.264 e. The van der Waals surface area contributed by atoms with Crippen LogP contribution in [0.15, 0.2) is 41.9 Å². The van der Waals surface area contributed by atoms with Gasteiger partial charge in [0.05, 0.1) is 12.0 Å². The quantitative estimate of drug-likeness (QED) is 0.736. The fraction of sp³-hybridized carbons (Fsp3) is 0.250. The predicted molar refractivity (Wildman–Crippen MR) is 107 cm³/mol. The molecule has 1 aromatic carbocycles. The molecule has 8 heteroatoms. The minimum atomic E-state index is -0.285. The van der Waals surface area contributed by atoms with Gasteiger partial charge in [-0.1, -0.05) is 12.1 Å². The molecule has 2 amide bonds. The van der Waals surface area contributed by atoms with Gasteiger partial charge in [-0.25, -0.2) is 0 Å². The van der Waals surface area contributed by atoms with Gasteiger partial charge in [-0.3, -0.25) is 14.3 Å². The maximum atomic E-state index is 12.6. The van der Waals surface area contributed by atoms with Gasteiger partial charge in [-0.15, -0.1) is 16.4 Å². The van der Waals surface area contributed by atoms with Crippen LogP contribution in [-0.4, -0.2) is 40.1 Å². The van der Waals surface area contributed by atoms with Crippen LogP contribution in [0.3, 0.4) is 0 Å². The zero-order valence-corrected chi connectivity index (χ0v) is 16.5. The van der Waals surface area contributed by atoms with Crippen LogP contribution in [0.25, 0.3) is 0 Å². The number of hydrogen-bond acceptors (Lipinski definition) is 5. The van der Waals surface area contributed by atoms with E-state index in [4.69, 9.17) is 4.74 Å². The van der Waals surface area contributed by atoms with Crippen molar-refractivity contribution in [1.29, 1.82) is 0 Å². The Balaban J connectivity index is 1.52. The summed E-state index contributed by atoms with van der Waals surface area (Å²) in [6, 6.07) is 9.56. The smallest absolute Gasteiger partial charge is 0.264 e. The van der Waals surface area contributed by atoms with Crippen molar-refractivity contribution >= 4 is 28.8 Å². The Bertz CT molecular complexity index is 1030. The van der Waals surface area contributed by atoms with Gasteiger partial charge in [0.15, 0.2) is 0 Å². The lowest BCUT2D eigenvalue weighted by molar-refractivity contribution is 0.0739. The van der Waals surface area contributed by atoms with Crippen molar-refractivity contribution in [1.82, 2.24) is 14.7 Å². The lowest BCUT2D eigenvalue weighted by Crippen LogP contribution is -2.35. The summed E-state index contributed by atoms with van der Waals surface area (Å²) in [6.45, 7) is 1.23. The van der Waals surface area contributed by atoms with Crippen LogP contribution < -0.4 is 10.1 Å². The highest BCUT2D eigenvalue weighted by atomic mass is 32.1. The average Bonchev–Trinajstić information content (AvgIpc) is 3.36. The summed E-state index contributed by atoms with van der Waals surface area (Å²) in [5, 5.41) is 8.91. The average molecular weight is 396 g/mol. The molecular formula is C20H20N4O3S. The van der Waals surface area contributed by atoms with Crippen LogP contribution in [0.1, 0.15) is 31.2 Å². The molecule has 0 fully saturated rings. The monoisotopic (exact) mass is 396 g/mol. The van der Waals surface area contributed by atoms with Gasteiger partial charge in [0.1, 0.15) is 5.56 Å². The molecule has 0 saturated heterocycles. The molecular weight excluding hydrogens is 376 g/mol. The van der Waals surface area contributed by atoms with Gasteiger partial charge in [-0.2, -0.15) is 0 Å². The Kier molecular flexibility index (Phi) is 4.87. The van der Waals surface area contributed by atoms with Crippen molar-refractivity contribution in [2.45, 2.75) is 13.0 Å². The van der Waals surface area contributed by atoms with E-state index in [1.165, 1.54) is 28.7 Å². The van der Waals surface area contributed by atoms with Crippen LogP contribution >= 0.6 is 11.3 Å². The fourth-order valence-electron chi connectivity index (χ4n) is 3.34. The van der Waals surface area contributed by atoms with E-state index in [1.807, 2.05) is 40.6 Å². The first kappa shape index (κ1) is 18.2.